The molecule has 1 atom stereocenters. The second kappa shape index (κ2) is 11.6. The van der Waals surface area contributed by atoms with Crippen LogP contribution in [0.15, 0.2) is 36.0 Å². The fourth-order valence-corrected chi connectivity index (χ4v) is 1.55. The highest BCUT2D eigenvalue weighted by Gasteiger charge is 2.12. The fourth-order valence-electron chi connectivity index (χ4n) is 1.55. The summed E-state index contributed by atoms with van der Waals surface area (Å²) in [5, 5.41) is 0. The van der Waals surface area contributed by atoms with Crippen LogP contribution >= 0.6 is 0 Å². The molecule has 0 aliphatic heterocycles. The van der Waals surface area contributed by atoms with Crippen LogP contribution in [0.25, 0.3) is 0 Å². The Hall–Kier alpha value is -0.920. The maximum absolute atomic E-state index is 13.4. The van der Waals surface area contributed by atoms with Crippen molar-refractivity contribution in [2.24, 2.45) is 5.92 Å². The Morgan fingerprint density at radius 2 is 1.82 bits per heavy atom. The Labute approximate surface area is 105 Å². The van der Waals surface area contributed by atoms with Crippen LogP contribution in [0.1, 0.15) is 53.9 Å². The van der Waals surface area contributed by atoms with Gasteiger partial charge in [-0.15, -0.1) is 0 Å². The van der Waals surface area contributed by atoms with Crippen LogP contribution in [0.4, 0.5) is 8.78 Å². The second-order valence-electron chi connectivity index (χ2n) is 3.78. The van der Waals surface area contributed by atoms with Crippen LogP contribution in [0.2, 0.25) is 0 Å². The number of hydrogen-bond donors (Lipinski definition) is 0. The standard InChI is InChI=1S/C13H20F2.C2H6/c1-5-8-10(4)9-11(6-2)13(15)12(14)7-3;1-2/h6-7,10H,3,5,8-9H2,1-2,4H3;1-2H3/b11-6-,13-12-;. The smallest absolute Gasteiger partial charge is 0.161 e. The highest BCUT2D eigenvalue weighted by molar-refractivity contribution is 5.31. The van der Waals surface area contributed by atoms with Gasteiger partial charge in [-0.3, -0.25) is 0 Å². The van der Waals surface area contributed by atoms with Crippen LogP contribution in [0.3, 0.4) is 0 Å². The van der Waals surface area contributed by atoms with E-state index in [1.54, 1.807) is 13.0 Å². The zero-order chi connectivity index (χ0) is 13.8. The van der Waals surface area contributed by atoms with Crippen molar-refractivity contribution in [3.05, 3.63) is 36.0 Å². The third kappa shape index (κ3) is 7.89. The van der Waals surface area contributed by atoms with E-state index >= 15 is 0 Å². The molecule has 0 saturated carbocycles. The van der Waals surface area contributed by atoms with Gasteiger partial charge in [0.15, 0.2) is 11.7 Å². The number of halogens is 2. The first-order chi connectivity index (χ1) is 8.06. The van der Waals surface area contributed by atoms with Crippen LogP contribution in [-0.4, -0.2) is 0 Å². The molecule has 0 bridgehead atoms. The van der Waals surface area contributed by atoms with Gasteiger partial charge in [0.05, 0.1) is 0 Å². The minimum Gasteiger partial charge on any atom is -0.204 e. The van der Waals surface area contributed by atoms with E-state index in [9.17, 15) is 8.78 Å². The summed E-state index contributed by atoms with van der Waals surface area (Å²) in [6.07, 6.45) is 5.21. The van der Waals surface area contributed by atoms with Crippen molar-refractivity contribution in [3.63, 3.8) is 0 Å². The first kappa shape index (κ1) is 18.4. The molecule has 0 spiro atoms. The molecule has 0 amide bonds. The van der Waals surface area contributed by atoms with Crippen LogP contribution in [-0.2, 0) is 0 Å². The topological polar surface area (TPSA) is 0 Å². The zero-order valence-electron chi connectivity index (χ0n) is 11.8. The first-order valence-electron chi connectivity index (χ1n) is 6.40. The SMILES string of the molecule is C=C/C(F)=C(F)\C(=C/C)CC(C)CCC.CC. The Bertz CT molecular complexity index is 262. The molecule has 0 fully saturated rings. The molecule has 17 heavy (non-hydrogen) atoms. The van der Waals surface area contributed by atoms with E-state index in [-0.39, 0.29) is 0 Å². The average Bonchev–Trinajstić information content (AvgIpc) is 2.36. The molecule has 0 radical (unpaired) electrons. The summed E-state index contributed by atoms with van der Waals surface area (Å²) in [7, 11) is 0. The van der Waals surface area contributed by atoms with Gasteiger partial charge >= 0.3 is 0 Å². The van der Waals surface area contributed by atoms with Gasteiger partial charge in [-0.1, -0.05) is 53.2 Å². The maximum atomic E-state index is 13.4. The van der Waals surface area contributed by atoms with Crippen LogP contribution in [0.5, 0.6) is 0 Å². The Kier molecular flexibility index (Phi) is 12.5. The van der Waals surface area contributed by atoms with Crippen LogP contribution < -0.4 is 0 Å². The predicted molar refractivity (Wildman–Crippen MR) is 73.2 cm³/mol. The van der Waals surface area contributed by atoms with Gasteiger partial charge in [0.1, 0.15) is 0 Å². The first-order valence-corrected chi connectivity index (χ1v) is 6.40. The van der Waals surface area contributed by atoms with Gasteiger partial charge in [-0.25, -0.2) is 8.78 Å². The van der Waals surface area contributed by atoms with Gasteiger partial charge in [-0.05, 0) is 30.9 Å². The molecule has 0 nitrogen and oxygen atoms in total. The molecular formula is C15H26F2. The number of allylic oxidation sites excluding steroid dienone is 5. The molecule has 1 unspecified atom stereocenters. The molecule has 0 aromatic carbocycles. The summed E-state index contributed by atoms with van der Waals surface area (Å²) in [6.45, 7) is 13.1. The van der Waals surface area contributed by atoms with Crippen molar-refractivity contribution in [2.45, 2.75) is 53.9 Å². The molecule has 0 aromatic heterocycles. The van der Waals surface area contributed by atoms with E-state index in [0.29, 0.717) is 17.9 Å². The monoisotopic (exact) mass is 244 g/mol. The third-order valence-corrected chi connectivity index (χ3v) is 2.37. The predicted octanol–water partition coefficient (Wildman–Crippen LogP) is 6.12. The highest BCUT2D eigenvalue weighted by Crippen LogP contribution is 2.26. The van der Waals surface area contributed by atoms with Crippen molar-refractivity contribution in [2.75, 3.05) is 0 Å². The molecule has 0 rings (SSSR count). The van der Waals surface area contributed by atoms with Crippen molar-refractivity contribution in [1.82, 2.24) is 0 Å². The van der Waals surface area contributed by atoms with E-state index < -0.39 is 11.7 Å². The molecule has 2 heteroatoms. The van der Waals surface area contributed by atoms with Gasteiger partial charge in [-0.2, -0.15) is 0 Å². The molecule has 100 valence electrons. The molecule has 0 N–H and O–H groups in total. The highest BCUT2D eigenvalue weighted by atomic mass is 19.2. The molecule has 0 aliphatic carbocycles. The lowest BCUT2D eigenvalue weighted by Gasteiger charge is -2.11. The molecule has 0 saturated heterocycles. The molecule has 0 heterocycles. The summed E-state index contributed by atoms with van der Waals surface area (Å²) in [6, 6.07) is 0. The average molecular weight is 244 g/mol. The fraction of sp³-hybridized carbons (Fsp3) is 0.600. The summed E-state index contributed by atoms with van der Waals surface area (Å²) >= 11 is 0. The summed E-state index contributed by atoms with van der Waals surface area (Å²) in [5.41, 5.74) is 0.438. The minimum absolute atomic E-state index is 0.379. The van der Waals surface area contributed by atoms with E-state index in [1.807, 2.05) is 20.8 Å². The van der Waals surface area contributed by atoms with E-state index in [1.165, 1.54) is 0 Å². The lowest BCUT2D eigenvalue weighted by molar-refractivity contribution is 0.495. The second-order valence-corrected chi connectivity index (χ2v) is 3.78. The van der Waals surface area contributed by atoms with Gasteiger partial charge in [0.25, 0.3) is 0 Å². The molecule has 0 aromatic rings. The van der Waals surface area contributed by atoms with Crippen LogP contribution in [0, 0.1) is 5.92 Å². The lowest BCUT2D eigenvalue weighted by Crippen LogP contribution is -1.98. The van der Waals surface area contributed by atoms with Gasteiger partial charge in [0.2, 0.25) is 0 Å². The molecule has 0 aliphatic rings. The number of hydrogen-bond acceptors (Lipinski definition) is 0. The zero-order valence-corrected chi connectivity index (χ0v) is 11.8. The normalized spacial score (nSPS) is 14.4. The van der Waals surface area contributed by atoms with E-state index in [0.717, 1.165) is 18.9 Å². The van der Waals surface area contributed by atoms with Gasteiger partial charge in [0, 0.05) is 0 Å². The third-order valence-electron chi connectivity index (χ3n) is 2.37. The van der Waals surface area contributed by atoms with Crippen molar-refractivity contribution >= 4 is 0 Å². The minimum atomic E-state index is -0.869. The summed E-state index contributed by atoms with van der Waals surface area (Å²) < 4.78 is 26.4. The molecular weight excluding hydrogens is 218 g/mol. The van der Waals surface area contributed by atoms with Crippen molar-refractivity contribution in [1.29, 1.82) is 0 Å². The van der Waals surface area contributed by atoms with Crippen molar-refractivity contribution in [3.8, 4) is 0 Å². The van der Waals surface area contributed by atoms with E-state index in [4.69, 9.17) is 0 Å². The largest absolute Gasteiger partial charge is 0.204 e. The summed E-state index contributed by atoms with van der Waals surface area (Å²) in [5.74, 6) is -1.26. The quantitative estimate of drug-likeness (QED) is 0.493. The van der Waals surface area contributed by atoms with Crippen molar-refractivity contribution < 1.29 is 8.78 Å². The Morgan fingerprint density at radius 3 is 2.18 bits per heavy atom. The van der Waals surface area contributed by atoms with Gasteiger partial charge < -0.3 is 0 Å². The Balaban J connectivity index is 0. The lowest BCUT2D eigenvalue weighted by atomic mass is 9.96. The van der Waals surface area contributed by atoms with E-state index in [2.05, 4.69) is 13.5 Å². The number of rotatable bonds is 6. The maximum Gasteiger partial charge on any atom is 0.161 e. The summed E-state index contributed by atoms with van der Waals surface area (Å²) in [4.78, 5) is 0. The Morgan fingerprint density at radius 1 is 1.29 bits per heavy atom.